The van der Waals surface area contributed by atoms with Crippen LogP contribution >= 0.6 is 39.9 Å². The molecule has 1 rings (SSSR count). The molecule has 0 spiro atoms. The molecule has 0 aliphatic heterocycles. The number of thiocarbonyl (C=S) groups is 1. The van der Waals surface area contributed by atoms with E-state index >= 15 is 0 Å². The number of benzene rings is 1. The fraction of sp³-hybridized carbons (Fsp3) is 0.417. The molecule has 0 fully saturated rings. The molecule has 0 amide bonds. The van der Waals surface area contributed by atoms with Crippen LogP contribution in [0.3, 0.4) is 0 Å². The molecule has 3 nitrogen and oxygen atoms in total. The van der Waals surface area contributed by atoms with E-state index in [9.17, 15) is 8.42 Å². The van der Waals surface area contributed by atoms with Gasteiger partial charge in [0.15, 0.2) is 0 Å². The van der Waals surface area contributed by atoms with E-state index in [1.54, 1.807) is 11.8 Å². The van der Waals surface area contributed by atoms with Gasteiger partial charge in [-0.3, -0.25) is 0 Å². The van der Waals surface area contributed by atoms with Crippen molar-refractivity contribution in [2.45, 2.75) is 12.2 Å². The zero-order valence-corrected chi connectivity index (χ0v) is 14.6. The minimum atomic E-state index is -2.88. The molecule has 0 aliphatic rings. The van der Waals surface area contributed by atoms with E-state index in [0.717, 1.165) is 10.2 Å². The number of hydrogen-bond acceptors (Lipinski definition) is 4. The second-order valence-corrected chi connectivity index (χ2v) is 8.94. The maximum Gasteiger partial charge on any atom is 0.147 e. The summed E-state index contributed by atoms with van der Waals surface area (Å²) in [5, 5.41) is 3.06. The van der Waals surface area contributed by atoms with E-state index in [1.807, 2.05) is 24.3 Å². The Balaban J connectivity index is 2.19. The van der Waals surface area contributed by atoms with Crippen molar-refractivity contribution in [3.63, 3.8) is 0 Å². The summed E-state index contributed by atoms with van der Waals surface area (Å²) in [6.07, 6.45) is 1.82. The predicted molar refractivity (Wildman–Crippen MR) is 90.4 cm³/mol. The lowest BCUT2D eigenvalue weighted by atomic mass is 10.2. The SMILES string of the molecule is CS(=O)(=O)CCCNC(=S)SCc1ccc(Br)cc1. The number of hydrogen-bond donors (Lipinski definition) is 1. The molecule has 0 saturated heterocycles. The Morgan fingerprint density at radius 3 is 2.58 bits per heavy atom. The molecule has 0 atom stereocenters. The van der Waals surface area contributed by atoms with Gasteiger partial charge in [-0.1, -0.05) is 52.0 Å². The van der Waals surface area contributed by atoms with Gasteiger partial charge in [-0.15, -0.1) is 0 Å². The molecule has 7 heteroatoms. The molecule has 106 valence electrons. The lowest BCUT2D eigenvalue weighted by Gasteiger charge is -2.07. The van der Waals surface area contributed by atoms with Crippen molar-refractivity contribution in [3.8, 4) is 0 Å². The lowest BCUT2D eigenvalue weighted by molar-refractivity contribution is 0.598. The summed E-state index contributed by atoms with van der Waals surface area (Å²) in [5.41, 5.74) is 1.20. The fourth-order valence-electron chi connectivity index (χ4n) is 1.31. The zero-order chi connectivity index (χ0) is 14.3. The summed E-state index contributed by atoms with van der Waals surface area (Å²) in [4.78, 5) is 0. The second kappa shape index (κ2) is 8.24. The van der Waals surface area contributed by atoms with Gasteiger partial charge < -0.3 is 5.32 Å². The molecular weight excluding hydrogens is 366 g/mol. The quantitative estimate of drug-likeness (QED) is 0.606. The van der Waals surface area contributed by atoms with Crippen molar-refractivity contribution in [1.82, 2.24) is 5.32 Å². The van der Waals surface area contributed by atoms with Crippen LogP contribution in [0.2, 0.25) is 0 Å². The summed E-state index contributed by atoms with van der Waals surface area (Å²) in [6, 6.07) is 8.09. The van der Waals surface area contributed by atoms with Gasteiger partial charge in [-0.05, 0) is 24.1 Å². The Morgan fingerprint density at radius 1 is 1.37 bits per heavy atom. The van der Waals surface area contributed by atoms with Crippen LogP contribution in [0.4, 0.5) is 0 Å². The molecule has 1 N–H and O–H groups in total. The van der Waals surface area contributed by atoms with Crippen LogP contribution < -0.4 is 5.32 Å². The Labute approximate surface area is 132 Å². The summed E-state index contributed by atoms with van der Waals surface area (Å²) in [6.45, 7) is 0.596. The Morgan fingerprint density at radius 2 is 2.00 bits per heavy atom. The van der Waals surface area contributed by atoms with Crippen molar-refractivity contribution < 1.29 is 8.42 Å². The summed E-state index contributed by atoms with van der Waals surface area (Å²) < 4.78 is 23.7. The first-order valence-electron chi connectivity index (χ1n) is 5.69. The van der Waals surface area contributed by atoms with E-state index < -0.39 is 9.84 Å². The summed E-state index contributed by atoms with van der Waals surface area (Å²) in [7, 11) is -2.88. The maximum atomic E-state index is 10.9. The first kappa shape index (κ1) is 16.9. The number of thioether (sulfide) groups is 1. The van der Waals surface area contributed by atoms with Crippen molar-refractivity contribution >= 4 is 54.1 Å². The average molecular weight is 382 g/mol. The Bertz CT molecular complexity index is 514. The molecule has 0 aromatic heterocycles. The molecule has 19 heavy (non-hydrogen) atoms. The molecule has 0 heterocycles. The highest BCUT2D eigenvalue weighted by atomic mass is 79.9. The molecular formula is C12H16BrNO2S3. The highest BCUT2D eigenvalue weighted by Crippen LogP contribution is 2.16. The molecule has 0 bridgehead atoms. The number of rotatable bonds is 6. The van der Waals surface area contributed by atoms with Gasteiger partial charge >= 0.3 is 0 Å². The van der Waals surface area contributed by atoms with Gasteiger partial charge in [0.1, 0.15) is 14.2 Å². The molecule has 1 aromatic carbocycles. The number of nitrogens with one attached hydrogen (secondary N) is 1. The third-order valence-electron chi connectivity index (χ3n) is 2.24. The normalized spacial score (nSPS) is 11.3. The van der Waals surface area contributed by atoms with Crippen LogP contribution in [0.15, 0.2) is 28.7 Å². The molecule has 0 radical (unpaired) electrons. The Kier molecular flexibility index (Phi) is 7.35. The van der Waals surface area contributed by atoms with Crippen molar-refractivity contribution in [1.29, 1.82) is 0 Å². The van der Waals surface area contributed by atoms with E-state index in [-0.39, 0.29) is 5.75 Å². The maximum absolute atomic E-state index is 10.9. The Hall–Kier alpha value is -0.110. The van der Waals surface area contributed by atoms with Crippen molar-refractivity contribution in [3.05, 3.63) is 34.3 Å². The molecule has 1 aromatic rings. The van der Waals surface area contributed by atoms with Crippen LogP contribution in [0.25, 0.3) is 0 Å². The van der Waals surface area contributed by atoms with Crippen molar-refractivity contribution in [2.24, 2.45) is 0 Å². The van der Waals surface area contributed by atoms with E-state index in [4.69, 9.17) is 12.2 Å². The third kappa shape index (κ3) is 8.62. The standard InChI is InChI=1S/C12H16BrNO2S3/c1-19(15,16)8-2-7-14-12(17)18-9-10-3-5-11(13)6-4-10/h3-6H,2,7-9H2,1H3,(H,14,17). The van der Waals surface area contributed by atoms with Gasteiger partial charge in [0.25, 0.3) is 0 Å². The van der Waals surface area contributed by atoms with Crippen LogP contribution in [-0.2, 0) is 15.6 Å². The third-order valence-corrected chi connectivity index (χ3v) is 5.19. The van der Waals surface area contributed by atoms with E-state index in [1.165, 1.54) is 11.8 Å². The second-order valence-electron chi connectivity index (χ2n) is 4.11. The zero-order valence-electron chi connectivity index (χ0n) is 10.6. The van der Waals surface area contributed by atoms with Crippen molar-refractivity contribution in [2.75, 3.05) is 18.6 Å². The summed E-state index contributed by atoms with van der Waals surface area (Å²) >= 11 is 10.1. The predicted octanol–water partition coefficient (Wildman–Crippen LogP) is 2.99. The van der Waals surface area contributed by atoms with Crippen LogP contribution in [0, 0.1) is 0 Å². The highest BCUT2D eigenvalue weighted by Gasteiger charge is 2.02. The first-order chi connectivity index (χ1) is 8.87. The fourth-order valence-corrected chi connectivity index (χ4v) is 3.21. The van der Waals surface area contributed by atoms with Crippen LogP contribution in [0.5, 0.6) is 0 Å². The van der Waals surface area contributed by atoms with Crippen LogP contribution in [-0.4, -0.2) is 31.3 Å². The number of sulfone groups is 1. The smallest absolute Gasteiger partial charge is 0.147 e. The van der Waals surface area contributed by atoms with Gasteiger partial charge in [-0.25, -0.2) is 8.42 Å². The van der Waals surface area contributed by atoms with Gasteiger partial charge in [-0.2, -0.15) is 0 Å². The number of halogens is 1. The van der Waals surface area contributed by atoms with Gasteiger partial charge in [0.2, 0.25) is 0 Å². The molecule has 0 saturated carbocycles. The topological polar surface area (TPSA) is 46.2 Å². The monoisotopic (exact) mass is 381 g/mol. The van der Waals surface area contributed by atoms with E-state index in [0.29, 0.717) is 17.3 Å². The lowest BCUT2D eigenvalue weighted by Crippen LogP contribution is -2.21. The minimum Gasteiger partial charge on any atom is -0.371 e. The summed E-state index contributed by atoms with van der Waals surface area (Å²) in [5.74, 6) is 1.01. The molecule has 0 unspecified atom stereocenters. The van der Waals surface area contributed by atoms with Gasteiger partial charge in [0.05, 0.1) is 5.75 Å². The largest absolute Gasteiger partial charge is 0.371 e. The average Bonchev–Trinajstić information content (AvgIpc) is 2.33. The van der Waals surface area contributed by atoms with Crippen LogP contribution in [0.1, 0.15) is 12.0 Å². The molecule has 0 aliphatic carbocycles. The minimum absolute atomic E-state index is 0.194. The van der Waals surface area contributed by atoms with Gasteiger partial charge in [0, 0.05) is 23.0 Å². The first-order valence-corrected chi connectivity index (χ1v) is 9.94. The van der Waals surface area contributed by atoms with E-state index in [2.05, 4.69) is 21.2 Å². The highest BCUT2D eigenvalue weighted by molar-refractivity contribution is 9.10.